The Kier molecular flexibility index (Phi) is 6.95. The zero-order chi connectivity index (χ0) is 25.8. The van der Waals surface area contributed by atoms with Gasteiger partial charge in [-0.25, -0.2) is 14.4 Å². The Morgan fingerprint density at radius 2 is 2.00 bits per heavy atom. The Morgan fingerprint density at radius 3 is 2.69 bits per heavy atom. The molecule has 0 amide bonds. The van der Waals surface area contributed by atoms with Crippen molar-refractivity contribution in [1.29, 1.82) is 10.5 Å². The fourth-order valence-electron chi connectivity index (χ4n) is 3.72. The molecule has 4 rings (SSSR count). The van der Waals surface area contributed by atoms with Crippen molar-refractivity contribution in [2.45, 2.75) is 19.6 Å². The Balaban J connectivity index is 1.76. The van der Waals surface area contributed by atoms with Crippen LogP contribution in [0.25, 0.3) is 0 Å². The number of pyridine rings is 1. The van der Waals surface area contributed by atoms with Gasteiger partial charge in [-0.1, -0.05) is 23.7 Å². The van der Waals surface area contributed by atoms with Crippen LogP contribution in [-0.4, -0.2) is 17.6 Å². The number of halogens is 2. The molecule has 0 saturated heterocycles. The zero-order valence-electron chi connectivity index (χ0n) is 19.0. The van der Waals surface area contributed by atoms with Gasteiger partial charge in [-0.2, -0.15) is 10.5 Å². The van der Waals surface area contributed by atoms with Crippen LogP contribution in [-0.2, 0) is 6.61 Å². The first-order valence-electron chi connectivity index (χ1n) is 10.7. The number of nitrogens with one attached hydrogen (secondary N) is 2. The summed E-state index contributed by atoms with van der Waals surface area (Å²) in [5.74, 6) is 0.576. The summed E-state index contributed by atoms with van der Waals surface area (Å²) in [6, 6.07) is 10.7. The third kappa shape index (κ3) is 4.60. The molecule has 0 fully saturated rings. The number of hydrogen-bond acceptors (Lipinski definition) is 10. The van der Waals surface area contributed by atoms with Crippen molar-refractivity contribution in [3.8, 4) is 23.8 Å². The van der Waals surface area contributed by atoms with Crippen LogP contribution >= 0.6 is 11.6 Å². The van der Waals surface area contributed by atoms with E-state index < -0.39 is 11.9 Å². The highest BCUT2D eigenvalue weighted by Crippen LogP contribution is 2.42. The summed E-state index contributed by atoms with van der Waals surface area (Å²) in [4.78, 5) is 8.77. The number of nitrogen functional groups attached to an aromatic ring is 2. The van der Waals surface area contributed by atoms with Crippen LogP contribution in [0.1, 0.15) is 35.2 Å². The highest BCUT2D eigenvalue weighted by molar-refractivity contribution is 6.31. The molecule has 10 nitrogen and oxygen atoms in total. The Morgan fingerprint density at radius 1 is 1.19 bits per heavy atom. The van der Waals surface area contributed by atoms with Crippen LogP contribution in [0, 0.1) is 28.6 Å². The van der Waals surface area contributed by atoms with Gasteiger partial charge in [-0.15, -0.1) is 0 Å². The molecule has 182 valence electrons. The largest absolute Gasteiger partial charge is 0.490 e. The molecule has 1 aromatic heterocycles. The molecular formula is C24H20ClFN8O2. The van der Waals surface area contributed by atoms with Gasteiger partial charge < -0.3 is 26.3 Å². The van der Waals surface area contributed by atoms with Crippen molar-refractivity contribution in [1.82, 2.24) is 10.3 Å². The average Bonchev–Trinajstić information content (AvgIpc) is 2.84. The minimum atomic E-state index is -0.758. The molecule has 1 aliphatic rings. The maximum absolute atomic E-state index is 14.2. The third-order valence-corrected chi connectivity index (χ3v) is 5.73. The number of hydrogen-bond donors (Lipinski definition) is 4. The lowest BCUT2D eigenvalue weighted by atomic mass is 9.95. The van der Waals surface area contributed by atoms with Gasteiger partial charge in [0.25, 0.3) is 0 Å². The van der Waals surface area contributed by atoms with E-state index in [0.29, 0.717) is 29.2 Å². The summed E-state index contributed by atoms with van der Waals surface area (Å²) < 4.78 is 25.8. The molecule has 1 atom stereocenters. The number of aliphatic imine (C=N–C) groups is 1. The van der Waals surface area contributed by atoms with E-state index in [1.54, 1.807) is 37.4 Å². The van der Waals surface area contributed by atoms with Gasteiger partial charge in [0.15, 0.2) is 17.7 Å². The smallest absolute Gasteiger partial charge is 0.211 e. The summed E-state index contributed by atoms with van der Waals surface area (Å²) in [7, 11) is 0. The van der Waals surface area contributed by atoms with Crippen molar-refractivity contribution in [2.24, 2.45) is 4.99 Å². The molecule has 2 aromatic carbocycles. The van der Waals surface area contributed by atoms with E-state index in [2.05, 4.69) is 20.6 Å². The Hall–Kier alpha value is -4.74. The predicted octanol–water partition coefficient (Wildman–Crippen LogP) is 3.83. The Bertz CT molecular complexity index is 1430. The lowest BCUT2D eigenvalue weighted by Gasteiger charge is -2.26. The van der Waals surface area contributed by atoms with E-state index in [4.69, 9.17) is 37.8 Å². The van der Waals surface area contributed by atoms with Gasteiger partial charge in [0.05, 0.1) is 17.3 Å². The summed E-state index contributed by atoms with van der Waals surface area (Å²) in [5.41, 5.74) is 13.6. The van der Waals surface area contributed by atoms with E-state index in [1.165, 1.54) is 12.1 Å². The van der Waals surface area contributed by atoms with Crippen molar-refractivity contribution in [3.05, 3.63) is 69.5 Å². The monoisotopic (exact) mass is 506 g/mol. The van der Waals surface area contributed by atoms with E-state index in [-0.39, 0.29) is 46.0 Å². The van der Waals surface area contributed by atoms with Crippen LogP contribution < -0.4 is 31.6 Å². The number of aromatic nitrogens is 1. The second-order valence-electron chi connectivity index (χ2n) is 7.53. The van der Waals surface area contributed by atoms with Crippen molar-refractivity contribution >= 4 is 34.9 Å². The molecule has 36 heavy (non-hydrogen) atoms. The van der Waals surface area contributed by atoms with Crippen LogP contribution in [0.4, 0.5) is 21.7 Å². The van der Waals surface area contributed by atoms with Crippen molar-refractivity contribution in [3.63, 3.8) is 0 Å². The minimum Gasteiger partial charge on any atom is -0.490 e. The minimum absolute atomic E-state index is 0.0270. The molecule has 2 heterocycles. The zero-order valence-corrected chi connectivity index (χ0v) is 19.7. The number of nitriles is 2. The van der Waals surface area contributed by atoms with Gasteiger partial charge in [-0.05, 0) is 36.8 Å². The third-order valence-electron chi connectivity index (χ3n) is 5.37. The number of benzene rings is 2. The predicted molar refractivity (Wildman–Crippen MR) is 133 cm³/mol. The second-order valence-corrected chi connectivity index (χ2v) is 7.94. The molecular weight excluding hydrogens is 487 g/mol. The number of nitrogens with zero attached hydrogens (tertiary/aromatic N) is 4. The first kappa shape index (κ1) is 24.4. The van der Waals surface area contributed by atoms with Crippen LogP contribution in [0.3, 0.4) is 0 Å². The van der Waals surface area contributed by atoms with E-state index >= 15 is 0 Å². The number of anilines is 3. The Labute approximate surface area is 210 Å². The second kappa shape index (κ2) is 10.3. The van der Waals surface area contributed by atoms with E-state index in [9.17, 15) is 9.65 Å². The molecule has 0 spiro atoms. The summed E-state index contributed by atoms with van der Waals surface area (Å²) in [5, 5.41) is 24.1. The summed E-state index contributed by atoms with van der Waals surface area (Å²) >= 11 is 6.11. The molecule has 0 radical (unpaired) electrons. The maximum Gasteiger partial charge on any atom is 0.211 e. The fourth-order valence-corrected chi connectivity index (χ4v) is 3.94. The normalized spacial score (nSPS) is 13.9. The van der Waals surface area contributed by atoms with Crippen molar-refractivity contribution < 1.29 is 13.9 Å². The number of rotatable bonds is 6. The number of fused-ring (bicyclic) bond motifs is 1. The van der Waals surface area contributed by atoms with E-state index in [1.807, 2.05) is 6.07 Å². The number of ether oxygens (including phenoxy) is 2. The standard InChI is InChI=1S/C24H20ClFN8O2/c1-2-35-18-8-12(6-7-17(18)36-10-14-15(25)4-3-5-16(14)26)21-19-20(29)13(9-27)22(30)33-23(19)34-24(32-21)31-11-28/h3-8,21H,2,10H2,1H3,(H6,29,30,31,32,33,34). The average molecular weight is 507 g/mol. The van der Waals surface area contributed by atoms with Gasteiger partial charge >= 0.3 is 0 Å². The lowest BCUT2D eigenvalue weighted by molar-refractivity contribution is 0.265. The molecule has 1 unspecified atom stereocenters. The first-order chi connectivity index (χ1) is 17.4. The quantitative estimate of drug-likeness (QED) is 0.287. The van der Waals surface area contributed by atoms with Crippen LogP contribution in [0.15, 0.2) is 41.4 Å². The molecule has 1 aliphatic heterocycles. The maximum atomic E-state index is 14.2. The molecule has 12 heteroatoms. The highest BCUT2D eigenvalue weighted by Gasteiger charge is 2.30. The molecule has 0 saturated carbocycles. The van der Waals surface area contributed by atoms with Gasteiger partial charge in [0.1, 0.15) is 41.7 Å². The first-order valence-corrected chi connectivity index (χ1v) is 11.1. The van der Waals surface area contributed by atoms with E-state index in [0.717, 1.165) is 0 Å². The van der Waals surface area contributed by atoms with Gasteiger partial charge in [0, 0.05) is 11.1 Å². The SMILES string of the molecule is CCOc1cc(C2N=C(NC#N)Nc3nc(N)c(C#N)c(N)c32)ccc1OCc1c(F)cccc1Cl. The summed E-state index contributed by atoms with van der Waals surface area (Å²) in [6.07, 6.45) is 1.80. The van der Waals surface area contributed by atoms with Crippen molar-refractivity contribution in [2.75, 3.05) is 23.4 Å². The van der Waals surface area contributed by atoms with Crippen LogP contribution in [0.2, 0.25) is 5.02 Å². The van der Waals surface area contributed by atoms with Crippen LogP contribution in [0.5, 0.6) is 11.5 Å². The lowest BCUT2D eigenvalue weighted by Crippen LogP contribution is -2.32. The summed E-state index contributed by atoms with van der Waals surface area (Å²) in [6.45, 7) is 2.02. The topological polar surface area (TPSA) is 167 Å². The number of nitrogens with two attached hydrogens (primary N) is 2. The molecule has 3 aromatic rings. The van der Waals surface area contributed by atoms with Gasteiger partial charge in [0.2, 0.25) is 5.96 Å². The molecule has 6 N–H and O–H groups in total. The van der Waals surface area contributed by atoms with Gasteiger partial charge in [-0.3, -0.25) is 5.32 Å². The fraction of sp³-hybridized carbons (Fsp3) is 0.167. The molecule has 0 aliphatic carbocycles. The molecule has 0 bridgehead atoms. The highest BCUT2D eigenvalue weighted by atomic mass is 35.5. The number of guanidine groups is 1.